The van der Waals surface area contributed by atoms with Crippen molar-refractivity contribution in [1.29, 1.82) is 0 Å². The van der Waals surface area contributed by atoms with E-state index >= 15 is 0 Å². The van der Waals surface area contributed by atoms with Crippen LogP contribution >= 0.6 is 0 Å². The van der Waals surface area contributed by atoms with E-state index in [2.05, 4.69) is 12.2 Å². The van der Waals surface area contributed by atoms with Gasteiger partial charge in [-0.25, -0.2) is 4.79 Å². The fraction of sp³-hybridized carbons (Fsp3) is 0.667. The highest BCUT2D eigenvalue weighted by Crippen LogP contribution is 2.44. The van der Waals surface area contributed by atoms with E-state index < -0.39 is 11.5 Å². The van der Waals surface area contributed by atoms with Crippen LogP contribution in [0.5, 0.6) is 0 Å². The summed E-state index contributed by atoms with van der Waals surface area (Å²) in [5.41, 5.74) is -1.02. The Hall–Kier alpha value is -1.32. The maximum absolute atomic E-state index is 11.0. The molecule has 0 aliphatic heterocycles. The molecule has 0 aromatic heterocycles. The summed E-state index contributed by atoms with van der Waals surface area (Å²) in [4.78, 5) is 21.3. The van der Waals surface area contributed by atoms with Gasteiger partial charge in [-0.2, -0.15) is 0 Å². The number of hydrogen-bond acceptors (Lipinski definition) is 2. The van der Waals surface area contributed by atoms with Gasteiger partial charge in [-0.05, 0) is 19.3 Å². The molecule has 16 heavy (non-hydrogen) atoms. The number of unbranched alkanes of at least 4 members (excludes halogenated alkanes) is 3. The predicted octanol–water partition coefficient (Wildman–Crippen LogP) is 1.71. The van der Waals surface area contributed by atoms with E-state index in [0.717, 1.165) is 12.8 Å². The van der Waals surface area contributed by atoms with Crippen LogP contribution < -0.4 is 5.32 Å². The molecule has 0 bridgehead atoms. The van der Waals surface area contributed by atoms with E-state index in [-0.39, 0.29) is 5.92 Å². The lowest BCUT2D eigenvalue weighted by molar-refractivity contribution is -0.142. The highest BCUT2D eigenvalue weighted by molar-refractivity contribution is 5.86. The van der Waals surface area contributed by atoms with Gasteiger partial charge in [-0.3, -0.25) is 4.79 Å². The molecule has 2 N–H and O–H groups in total. The van der Waals surface area contributed by atoms with Gasteiger partial charge >= 0.3 is 5.97 Å². The monoisotopic (exact) mass is 225 g/mol. The molecule has 4 heteroatoms. The molecule has 1 unspecified atom stereocenters. The molecule has 1 saturated carbocycles. The second-order valence-electron chi connectivity index (χ2n) is 4.27. The van der Waals surface area contributed by atoms with E-state index in [9.17, 15) is 9.59 Å². The van der Waals surface area contributed by atoms with Crippen LogP contribution in [0, 0.1) is 5.92 Å². The van der Waals surface area contributed by atoms with Crippen molar-refractivity contribution in [2.75, 3.05) is 0 Å². The Morgan fingerprint density at radius 3 is 2.88 bits per heavy atom. The van der Waals surface area contributed by atoms with Crippen LogP contribution in [0.25, 0.3) is 0 Å². The van der Waals surface area contributed by atoms with Crippen LogP contribution in [0.2, 0.25) is 0 Å². The molecular weight excluding hydrogens is 206 g/mol. The normalized spacial score (nSPS) is 27.9. The van der Waals surface area contributed by atoms with Gasteiger partial charge in [0, 0.05) is 5.92 Å². The van der Waals surface area contributed by atoms with Gasteiger partial charge < -0.3 is 10.4 Å². The Kier molecular flexibility index (Phi) is 4.52. The zero-order chi connectivity index (χ0) is 12.0. The summed E-state index contributed by atoms with van der Waals surface area (Å²) in [6, 6.07) is 0. The summed E-state index contributed by atoms with van der Waals surface area (Å²) in [7, 11) is 0. The van der Waals surface area contributed by atoms with Crippen molar-refractivity contribution in [3.8, 4) is 0 Å². The van der Waals surface area contributed by atoms with Crippen molar-refractivity contribution in [2.24, 2.45) is 5.92 Å². The number of nitrogens with one attached hydrogen (secondary N) is 1. The predicted molar refractivity (Wildman–Crippen MR) is 61.0 cm³/mol. The van der Waals surface area contributed by atoms with Gasteiger partial charge in [0.1, 0.15) is 5.54 Å². The number of aliphatic carboxylic acids is 1. The maximum atomic E-state index is 11.0. The number of carboxylic acid groups (broad SMARTS) is 1. The van der Waals surface area contributed by atoms with Crippen LogP contribution in [-0.4, -0.2) is 23.0 Å². The van der Waals surface area contributed by atoms with E-state index in [4.69, 9.17) is 5.11 Å². The topological polar surface area (TPSA) is 66.4 Å². The number of amides is 1. The van der Waals surface area contributed by atoms with E-state index in [0.29, 0.717) is 12.8 Å². The quantitative estimate of drug-likeness (QED) is 0.375. The zero-order valence-electron chi connectivity index (χ0n) is 9.61. The summed E-state index contributed by atoms with van der Waals surface area (Å²) in [5.74, 6) is -0.986. The first-order valence-electron chi connectivity index (χ1n) is 5.78. The average Bonchev–Trinajstić information content (AvgIpc) is 2.93. The van der Waals surface area contributed by atoms with Crippen LogP contribution in [-0.2, 0) is 9.59 Å². The molecular formula is C12H19NO3. The van der Waals surface area contributed by atoms with Gasteiger partial charge in [0.2, 0.25) is 6.41 Å². The lowest BCUT2D eigenvalue weighted by Crippen LogP contribution is -2.40. The first-order chi connectivity index (χ1) is 7.67. The summed E-state index contributed by atoms with van der Waals surface area (Å²) in [6.45, 7) is 2.15. The number of allylic oxidation sites excluding steroid dienone is 1. The second-order valence-corrected chi connectivity index (χ2v) is 4.27. The van der Waals surface area contributed by atoms with Crippen molar-refractivity contribution in [3.63, 3.8) is 0 Å². The van der Waals surface area contributed by atoms with Crippen LogP contribution in [0.3, 0.4) is 0 Å². The van der Waals surface area contributed by atoms with Gasteiger partial charge in [0.05, 0.1) is 0 Å². The highest BCUT2D eigenvalue weighted by atomic mass is 16.4. The number of carbonyl (C=O) groups is 2. The standard InChI is InChI=1S/C12H19NO3/c1-2-3-4-5-6-7-10-8-12(10,11(15)16)13-9-14/h6-7,9-10H,2-5,8H2,1H3,(H,13,14)(H,15,16)/b7-6-/t10?,12-/m1/s1. The summed E-state index contributed by atoms with van der Waals surface area (Å²) >= 11 is 0. The summed E-state index contributed by atoms with van der Waals surface area (Å²) in [6.07, 6.45) is 9.43. The largest absolute Gasteiger partial charge is 0.479 e. The second kappa shape index (κ2) is 5.68. The lowest BCUT2D eigenvalue weighted by Gasteiger charge is -2.08. The molecule has 1 aliphatic rings. The van der Waals surface area contributed by atoms with Crippen LogP contribution in [0.15, 0.2) is 12.2 Å². The van der Waals surface area contributed by atoms with Crippen molar-refractivity contribution in [1.82, 2.24) is 5.32 Å². The van der Waals surface area contributed by atoms with Crippen molar-refractivity contribution in [3.05, 3.63) is 12.2 Å². The average molecular weight is 225 g/mol. The molecule has 0 aromatic rings. The lowest BCUT2D eigenvalue weighted by atomic mass is 10.1. The molecule has 4 nitrogen and oxygen atoms in total. The molecule has 1 rings (SSSR count). The zero-order valence-corrected chi connectivity index (χ0v) is 9.61. The number of rotatable bonds is 8. The van der Waals surface area contributed by atoms with Crippen LogP contribution in [0.4, 0.5) is 0 Å². The molecule has 0 heterocycles. The van der Waals surface area contributed by atoms with E-state index in [1.54, 1.807) is 0 Å². The first kappa shape index (κ1) is 12.7. The van der Waals surface area contributed by atoms with Gasteiger partial charge in [-0.1, -0.05) is 31.9 Å². The number of carbonyl (C=O) groups excluding carboxylic acids is 1. The number of carboxylic acids is 1. The molecule has 0 aromatic carbocycles. The van der Waals surface area contributed by atoms with Crippen LogP contribution in [0.1, 0.15) is 39.0 Å². The summed E-state index contributed by atoms with van der Waals surface area (Å²) < 4.78 is 0. The molecule has 1 amide bonds. The fourth-order valence-corrected chi connectivity index (χ4v) is 1.87. The Bertz CT molecular complexity index is 288. The SMILES string of the molecule is CCCCC/C=C\C1C[C@]1(NC=O)C(=O)O. The first-order valence-corrected chi connectivity index (χ1v) is 5.78. The van der Waals surface area contributed by atoms with Gasteiger partial charge in [-0.15, -0.1) is 0 Å². The Labute approximate surface area is 95.7 Å². The minimum atomic E-state index is -1.02. The fourth-order valence-electron chi connectivity index (χ4n) is 1.87. The molecule has 1 fully saturated rings. The Balaban J connectivity index is 2.35. The van der Waals surface area contributed by atoms with E-state index in [1.807, 2.05) is 12.2 Å². The minimum absolute atomic E-state index is 0.0446. The third-order valence-corrected chi connectivity index (χ3v) is 3.06. The molecule has 0 radical (unpaired) electrons. The number of hydrogen-bond donors (Lipinski definition) is 2. The highest BCUT2D eigenvalue weighted by Gasteiger charge is 2.59. The van der Waals surface area contributed by atoms with Crippen molar-refractivity contribution in [2.45, 2.75) is 44.6 Å². The molecule has 0 saturated heterocycles. The molecule has 0 spiro atoms. The van der Waals surface area contributed by atoms with Gasteiger partial charge in [0.25, 0.3) is 0 Å². The summed E-state index contributed by atoms with van der Waals surface area (Å²) in [5, 5.41) is 11.4. The minimum Gasteiger partial charge on any atom is -0.479 e. The smallest absolute Gasteiger partial charge is 0.330 e. The van der Waals surface area contributed by atoms with Crippen molar-refractivity contribution >= 4 is 12.4 Å². The maximum Gasteiger partial charge on any atom is 0.330 e. The Morgan fingerprint density at radius 1 is 1.56 bits per heavy atom. The van der Waals surface area contributed by atoms with E-state index in [1.165, 1.54) is 12.8 Å². The van der Waals surface area contributed by atoms with Crippen molar-refractivity contribution < 1.29 is 14.7 Å². The third kappa shape index (κ3) is 2.84. The molecule has 90 valence electrons. The Morgan fingerprint density at radius 2 is 2.31 bits per heavy atom. The third-order valence-electron chi connectivity index (χ3n) is 3.06. The molecule has 2 atom stereocenters. The van der Waals surface area contributed by atoms with Gasteiger partial charge in [0.15, 0.2) is 0 Å². The molecule has 1 aliphatic carbocycles.